The fourth-order valence-corrected chi connectivity index (χ4v) is 7.18. The first-order valence-corrected chi connectivity index (χ1v) is 12.9. The number of hydrogen-bond donors (Lipinski definition) is 3. The zero-order chi connectivity index (χ0) is 24.1. The molecule has 33 heavy (non-hydrogen) atoms. The van der Waals surface area contributed by atoms with Gasteiger partial charge in [-0.25, -0.2) is 0 Å². The van der Waals surface area contributed by atoms with Crippen LogP contribution in [0.25, 0.3) is 0 Å². The Bertz CT molecular complexity index is 929. The summed E-state index contributed by atoms with van der Waals surface area (Å²) in [5.74, 6) is 5.15. The monoisotopic (exact) mass is 454 g/mol. The van der Waals surface area contributed by atoms with Crippen molar-refractivity contribution in [3.8, 4) is 11.8 Å². The van der Waals surface area contributed by atoms with Gasteiger partial charge in [-0.15, -0.1) is 0 Å². The second-order valence-electron chi connectivity index (χ2n) is 11.2. The van der Waals surface area contributed by atoms with Crippen molar-refractivity contribution in [1.82, 2.24) is 0 Å². The molecule has 6 atom stereocenters. The molecule has 0 unspecified atom stereocenters. The number of ether oxygens (including phenoxy) is 1. The van der Waals surface area contributed by atoms with E-state index in [0.717, 1.165) is 31.3 Å². The molecule has 0 radical (unpaired) electrons. The third kappa shape index (κ3) is 3.96. The van der Waals surface area contributed by atoms with Gasteiger partial charge in [0.05, 0.1) is 6.10 Å². The van der Waals surface area contributed by atoms with E-state index in [1.807, 2.05) is 13.8 Å². The molecule has 2 saturated carbocycles. The molecule has 0 saturated heterocycles. The van der Waals surface area contributed by atoms with Gasteiger partial charge < -0.3 is 20.1 Å². The Kier molecular flexibility index (Phi) is 6.51. The van der Waals surface area contributed by atoms with Crippen molar-refractivity contribution in [2.45, 2.75) is 103 Å². The van der Waals surface area contributed by atoms with Gasteiger partial charge in [-0.3, -0.25) is 0 Å². The van der Waals surface area contributed by atoms with Gasteiger partial charge >= 0.3 is 0 Å². The molecule has 0 heterocycles. The van der Waals surface area contributed by atoms with E-state index in [2.05, 4.69) is 50.8 Å². The summed E-state index contributed by atoms with van der Waals surface area (Å²) in [7, 11) is 0. The summed E-state index contributed by atoms with van der Waals surface area (Å²) in [4.78, 5) is 0. The molecule has 4 aliphatic rings. The van der Waals surface area contributed by atoms with E-state index in [-0.39, 0.29) is 23.9 Å². The number of aliphatic hydroxyl groups is 3. The Balaban J connectivity index is 1.54. The van der Waals surface area contributed by atoms with Gasteiger partial charge in [0.2, 0.25) is 0 Å². The van der Waals surface area contributed by atoms with Crippen molar-refractivity contribution in [3.63, 3.8) is 0 Å². The SMILES string of the molecule is CCC1=CC[C@H]2C3=CC=C4C[C@](O)(OCC#CC(O)(CC)CC)C[C@H](O)[C@]4(C)[C@@H]3CC[C@]12C. The van der Waals surface area contributed by atoms with Crippen molar-refractivity contribution in [2.24, 2.45) is 22.7 Å². The fourth-order valence-electron chi connectivity index (χ4n) is 7.18. The smallest absolute Gasteiger partial charge is 0.172 e. The minimum atomic E-state index is -1.44. The second-order valence-corrected chi connectivity index (χ2v) is 11.2. The van der Waals surface area contributed by atoms with E-state index in [1.54, 1.807) is 5.57 Å². The minimum Gasteiger partial charge on any atom is -0.392 e. The molecule has 0 spiro atoms. The summed E-state index contributed by atoms with van der Waals surface area (Å²) >= 11 is 0. The van der Waals surface area contributed by atoms with Gasteiger partial charge in [0.25, 0.3) is 0 Å². The molecular formula is C29H42O4. The van der Waals surface area contributed by atoms with Gasteiger partial charge in [-0.2, -0.15) is 0 Å². The summed E-state index contributed by atoms with van der Waals surface area (Å²) < 4.78 is 5.81. The highest BCUT2D eigenvalue weighted by molar-refractivity contribution is 5.43. The highest BCUT2D eigenvalue weighted by Crippen LogP contribution is 2.64. The number of allylic oxidation sites excluding steroid dienone is 5. The average Bonchev–Trinajstić information content (AvgIpc) is 3.14. The van der Waals surface area contributed by atoms with Gasteiger partial charge in [-0.05, 0) is 55.8 Å². The minimum absolute atomic E-state index is 0.0337. The second kappa shape index (κ2) is 8.68. The van der Waals surface area contributed by atoms with E-state index >= 15 is 0 Å². The van der Waals surface area contributed by atoms with Crippen molar-refractivity contribution >= 4 is 0 Å². The van der Waals surface area contributed by atoms with Crippen LogP contribution in [0.1, 0.15) is 86.0 Å². The Morgan fingerprint density at radius 2 is 1.88 bits per heavy atom. The standard InChI is InChI=1S/C29H42O4/c1-6-20-11-13-23-22-12-10-21-18-29(32,33-17-9-15-28(31,7-2)8-3)19-25(30)27(21,5)24(22)14-16-26(20,23)4/h10-12,23-25,30-32H,6-8,13-14,16-19H2,1-5H3/t23-,24+,25-,26+,27-,29-/m0/s1. The van der Waals surface area contributed by atoms with Crippen LogP contribution < -0.4 is 0 Å². The summed E-state index contributed by atoms with van der Waals surface area (Å²) in [6.45, 7) is 10.7. The van der Waals surface area contributed by atoms with Crippen LogP contribution in [-0.4, -0.2) is 39.4 Å². The molecule has 2 fully saturated rings. The molecule has 4 rings (SSSR count). The van der Waals surface area contributed by atoms with Gasteiger partial charge in [0.15, 0.2) is 5.79 Å². The molecule has 4 aliphatic carbocycles. The maximum absolute atomic E-state index is 11.4. The summed E-state index contributed by atoms with van der Waals surface area (Å²) in [5, 5.41) is 33.0. The third-order valence-electron chi connectivity index (χ3n) is 9.71. The van der Waals surface area contributed by atoms with E-state index in [9.17, 15) is 15.3 Å². The number of fused-ring (bicyclic) bond motifs is 5. The van der Waals surface area contributed by atoms with Crippen LogP contribution in [0.15, 0.2) is 34.9 Å². The predicted molar refractivity (Wildman–Crippen MR) is 131 cm³/mol. The van der Waals surface area contributed by atoms with E-state index < -0.39 is 17.5 Å². The van der Waals surface area contributed by atoms with Gasteiger partial charge in [0, 0.05) is 18.3 Å². The van der Waals surface area contributed by atoms with Crippen LogP contribution >= 0.6 is 0 Å². The predicted octanol–water partition coefficient (Wildman–Crippen LogP) is 5.05. The van der Waals surface area contributed by atoms with Gasteiger partial charge in [0.1, 0.15) is 12.2 Å². The first-order chi connectivity index (χ1) is 15.5. The van der Waals surface area contributed by atoms with Crippen molar-refractivity contribution in [3.05, 3.63) is 34.9 Å². The summed E-state index contributed by atoms with van der Waals surface area (Å²) in [6, 6.07) is 0. The van der Waals surface area contributed by atoms with Crippen LogP contribution in [0.5, 0.6) is 0 Å². The maximum atomic E-state index is 11.4. The Labute approximate surface area is 199 Å². The molecule has 0 amide bonds. The van der Waals surface area contributed by atoms with E-state index in [4.69, 9.17) is 4.74 Å². The summed E-state index contributed by atoms with van der Waals surface area (Å²) in [6.07, 6.45) is 12.3. The number of rotatable bonds is 5. The molecule has 3 N–H and O–H groups in total. The van der Waals surface area contributed by atoms with Crippen LogP contribution in [0, 0.1) is 34.5 Å². The van der Waals surface area contributed by atoms with Crippen LogP contribution in [0.4, 0.5) is 0 Å². The Hall–Kier alpha value is -1.38. The van der Waals surface area contributed by atoms with Crippen molar-refractivity contribution in [2.75, 3.05) is 6.61 Å². The molecule has 0 aromatic carbocycles. The zero-order valence-electron chi connectivity index (χ0n) is 21.1. The van der Waals surface area contributed by atoms with Crippen LogP contribution in [-0.2, 0) is 4.74 Å². The number of hydrogen-bond acceptors (Lipinski definition) is 4. The highest BCUT2D eigenvalue weighted by atomic mass is 16.6. The Morgan fingerprint density at radius 3 is 2.55 bits per heavy atom. The lowest BCUT2D eigenvalue weighted by Gasteiger charge is -2.57. The topological polar surface area (TPSA) is 69.9 Å². The van der Waals surface area contributed by atoms with Gasteiger partial charge in [-0.1, -0.05) is 81.4 Å². The fraction of sp³-hybridized carbons (Fsp3) is 0.724. The zero-order valence-corrected chi connectivity index (χ0v) is 21.1. The normalized spacial score (nSPS) is 39.9. The molecule has 0 aromatic rings. The first-order valence-electron chi connectivity index (χ1n) is 12.9. The van der Waals surface area contributed by atoms with Crippen molar-refractivity contribution < 1.29 is 20.1 Å². The Morgan fingerprint density at radius 1 is 1.15 bits per heavy atom. The lowest BCUT2D eigenvalue weighted by atomic mass is 9.49. The molecular weight excluding hydrogens is 412 g/mol. The molecule has 4 heteroatoms. The van der Waals surface area contributed by atoms with E-state index in [1.165, 1.54) is 5.57 Å². The molecule has 0 bridgehead atoms. The average molecular weight is 455 g/mol. The molecule has 182 valence electrons. The van der Waals surface area contributed by atoms with Crippen LogP contribution in [0.2, 0.25) is 0 Å². The van der Waals surface area contributed by atoms with Crippen molar-refractivity contribution in [1.29, 1.82) is 0 Å². The number of aliphatic hydroxyl groups excluding tert-OH is 1. The quantitative estimate of drug-likeness (QED) is 0.309. The largest absolute Gasteiger partial charge is 0.392 e. The molecule has 0 aliphatic heterocycles. The lowest BCUT2D eigenvalue weighted by molar-refractivity contribution is -0.236. The molecule has 0 aromatic heterocycles. The highest BCUT2D eigenvalue weighted by Gasteiger charge is 2.58. The summed E-state index contributed by atoms with van der Waals surface area (Å²) in [5.41, 5.74) is 3.04. The first kappa shape index (κ1) is 24.7. The third-order valence-corrected chi connectivity index (χ3v) is 9.71. The van der Waals surface area contributed by atoms with Crippen LogP contribution in [0.3, 0.4) is 0 Å². The lowest BCUT2D eigenvalue weighted by Crippen LogP contribution is -2.56. The maximum Gasteiger partial charge on any atom is 0.172 e. The van der Waals surface area contributed by atoms with E-state index in [0.29, 0.717) is 31.1 Å². The molecule has 4 nitrogen and oxygen atoms in total.